The van der Waals surface area contributed by atoms with Crippen molar-refractivity contribution in [3.05, 3.63) is 12.7 Å². The number of likely N-dealkylation sites (tertiary alicyclic amines) is 1. The number of fused-ring (bicyclic) bond motifs is 1. The highest BCUT2D eigenvalue weighted by atomic mass is 16.6. The van der Waals surface area contributed by atoms with E-state index in [1.54, 1.807) is 0 Å². The van der Waals surface area contributed by atoms with E-state index in [1.807, 2.05) is 6.08 Å². The molecule has 2 heterocycles. The Morgan fingerprint density at radius 3 is 3.50 bits per heavy atom. The molecule has 2 rings (SSSR count). The third-order valence-electron chi connectivity index (χ3n) is 2.48. The van der Waals surface area contributed by atoms with Crippen LogP contribution in [0.5, 0.6) is 0 Å². The Labute approximate surface area is 72.7 Å². The Bertz CT molecular complexity index is 213. The van der Waals surface area contributed by atoms with E-state index in [4.69, 9.17) is 4.84 Å². The molecule has 0 aromatic heterocycles. The summed E-state index contributed by atoms with van der Waals surface area (Å²) in [5.74, 6) is 0.554. The summed E-state index contributed by atoms with van der Waals surface area (Å²) in [6, 6.07) is 0. The second kappa shape index (κ2) is 3.27. The van der Waals surface area contributed by atoms with Crippen molar-refractivity contribution in [1.82, 2.24) is 4.90 Å². The van der Waals surface area contributed by atoms with Crippen LogP contribution in [0.15, 0.2) is 17.8 Å². The van der Waals surface area contributed by atoms with Gasteiger partial charge in [-0.15, -0.1) is 6.58 Å². The maximum atomic E-state index is 5.05. The lowest BCUT2D eigenvalue weighted by Crippen LogP contribution is -2.40. The van der Waals surface area contributed by atoms with Gasteiger partial charge in [-0.25, -0.2) is 0 Å². The molecular weight excluding hydrogens is 152 g/mol. The van der Waals surface area contributed by atoms with E-state index in [1.165, 1.54) is 5.71 Å². The fourth-order valence-electron chi connectivity index (χ4n) is 1.81. The van der Waals surface area contributed by atoms with Crippen molar-refractivity contribution in [3.8, 4) is 0 Å². The fourth-order valence-corrected chi connectivity index (χ4v) is 1.81. The Kier molecular flexibility index (Phi) is 2.13. The second-order valence-corrected chi connectivity index (χ2v) is 3.37. The number of rotatable bonds is 2. The molecular formula is C9H14N2O. The maximum Gasteiger partial charge on any atom is 0.126 e. The number of hydrogen-bond acceptors (Lipinski definition) is 3. The van der Waals surface area contributed by atoms with Gasteiger partial charge in [-0.3, -0.25) is 4.90 Å². The Morgan fingerprint density at radius 1 is 1.75 bits per heavy atom. The van der Waals surface area contributed by atoms with Crippen LogP contribution < -0.4 is 0 Å². The molecule has 0 bridgehead atoms. The third kappa shape index (κ3) is 1.37. The van der Waals surface area contributed by atoms with Crippen molar-refractivity contribution in [1.29, 1.82) is 0 Å². The van der Waals surface area contributed by atoms with Crippen LogP contribution in [0.3, 0.4) is 0 Å². The minimum atomic E-state index is 0.554. The molecule has 1 atom stereocenters. The molecule has 1 saturated heterocycles. The van der Waals surface area contributed by atoms with Crippen LogP contribution in [0, 0.1) is 5.92 Å². The number of piperidine rings is 1. The van der Waals surface area contributed by atoms with Crippen molar-refractivity contribution in [2.24, 2.45) is 11.1 Å². The average Bonchev–Trinajstić information content (AvgIpc) is 2.51. The molecule has 12 heavy (non-hydrogen) atoms. The van der Waals surface area contributed by atoms with Crippen molar-refractivity contribution in [2.75, 3.05) is 26.2 Å². The van der Waals surface area contributed by atoms with E-state index in [2.05, 4.69) is 16.6 Å². The zero-order chi connectivity index (χ0) is 8.39. The lowest BCUT2D eigenvalue weighted by Gasteiger charge is -2.28. The standard InChI is InChI=1S/C9H14N2O/c1-2-4-11-5-3-9-8(6-11)7-12-10-9/h2,8H,1,3-7H2/t8-/m0/s1. The van der Waals surface area contributed by atoms with Crippen LogP contribution in [0.4, 0.5) is 0 Å². The highest BCUT2D eigenvalue weighted by molar-refractivity contribution is 5.88. The molecule has 0 aromatic rings. The maximum absolute atomic E-state index is 5.05. The van der Waals surface area contributed by atoms with Crippen molar-refractivity contribution >= 4 is 5.71 Å². The second-order valence-electron chi connectivity index (χ2n) is 3.37. The van der Waals surface area contributed by atoms with Crippen LogP contribution >= 0.6 is 0 Å². The molecule has 0 aliphatic carbocycles. The summed E-state index contributed by atoms with van der Waals surface area (Å²) < 4.78 is 0. The molecule has 3 nitrogen and oxygen atoms in total. The Morgan fingerprint density at radius 2 is 2.67 bits per heavy atom. The molecule has 0 N–H and O–H groups in total. The van der Waals surface area contributed by atoms with Crippen molar-refractivity contribution in [3.63, 3.8) is 0 Å². The van der Waals surface area contributed by atoms with Crippen molar-refractivity contribution < 1.29 is 4.84 Å². The van der Waals surface area contributed by atoms with Gasteiger partial charge >= 0.3 is 0 Å². The largest absolute Gasteiger partial charge is 0.395 e. The van der Waals surface area contributed by atoms with E-state index >= 15 is 0 Å². The number of oxime groups is 1. The minimum absolute atomic E-state index is 0.554. The zero-order valence-corrected chi connectivity index (χ0v) is 7.20. The summed E-state index contributed by atoms with van der Waals surface area (Å²) in [4.78, 5) is 7.45. The molecule has 0 unspecified atom stereocenters. The molecule has 0 spiro atoms. The van der Waals surface area contributed by atoms with Gasteiger partial charge in [-0.05, 0) is 0 Å². The van der Waals surface area contributed by atoms with Gasteiger partial charge in [0.2, 0.25) is 0 Å². The molecule has 1 fully saturated rings. The van der Waals surface area contributed by atoms with Gasteiger partial charge < -0.3 is 4.84 Å². The smallest absolute Gasteiger partial charge is 0.126 e. The SMILES string of the molecule is C=CCN1CCC2=NOC[C@@H]2C1. The van der Waals surface area contributed by atoms with Crippen LogP contribution in [0.1, 0.15) is 6.42 Å². The monoisotopic (exact) mass is 166 g/mol. The van der Waals surface area contributed by atoms with Crippen LogP contribution in [0.25, 0.3) is 0 Å². The molecule has 0 saturated carbocycles. The zero-order valence-electron chi connectivity index (χ0n) is 7.20. The van der Waals surface area contributed by atoms with Gasteiger partial charge in [-0.1, -0.05) is 11.2 Å². The van der Waals surface area contributed by atoms with Gasteiger partial charge in [0.15, 0.2) is 0 Å². The van der Waals surface area contributed by atoms with Crippen molar-refractivity contribution in [2.45, 2.75) is 6.42 Å². The van der Waals surface area contributed by atoms with Crippen LogP contribution in [0.2, 0.25) is 0 Å². The van der Waals surface area contributed by atoms with E-state index in [-0.39, 0.29) is 0 Å². The summed E-state index contributed by atoms with van der Waals surface area (Å²) in [6.07, 6.45) is 3.02. The number of nitrogens with zero attached hydrogens (tertiary/aromatic N) is 2. The predicted octanol–water partition coefficient (Wildman–Crippen LogP) is 0.880. The molecule has 0 amide bonds. The first-order valence-corrected chi connectivity index (χ1v) is 4.42. The highest BCUT2D eigenvalue weighted by Crippen LogP contribution is 2.19. The highest BCUT2D eigenvalue weighted by Gasteiger charge is 2.29. The molecule has 0 radical (unpaired) electrons. The van der Waals surface area contributed by atoms with Gasteiger partial charge in [0, 0.05) is 26.1 Å². The van der Waals surface area contributed by atoms with E-state index in [0.29, 0.717) is 5.92 Å². The Hall–Kier alpha value is -0.830. The summed E-state index contributed by atoms with van der Waals surface area (Å²) >= 11 is 0. The fraction of sp³-hybridized carbons (Fsp3) is 0.667. The first-order chi connectivity index (χ1) is 5.90. The van der Waals surface area contributed by atoms with Gasteiger partial charge in [0.25, 0.3) is 0 Å². The molecule has 66 valence electrons. The lowest BCUT2D eigenvalue weighted by molar-refractivity contribution is 0.140. The van der Waals surface area contributed by atoms with Crippen LogP contribution in [-0.2, 0) is 4.84 Å². The van der Waals surface area contributed by atoms with E-state index < -0.39 is 0 Å². The quantitative estimate of drug-likeness (QED) is 0.569. The first kappa shape index (κ1) is 7.80. The lowest BCUT2D eigenvalue weighted by atomic mass is 9.97. The third-order valence-corrected chi connectivity index (χ3v) is 2.48. The Balaban J connectivity index is 1.93. The summed E-state index contributed by atoms with van der Waals surface area (Å²) in [5, 5.41) is 4.02. The van der Waals surface area contributed by atoms with E-state index in [0.717, 1.165) is 32.7 Å². The molecule has 3 heteroatoms. The topological polar surface area (TPSA) is 24.8 Å². The number of hydrogen-bond donors (Lipinski definition) is 0. The van der Waals surface area contributed by atoms with Gasteiger partial charge in [0.05, 0.1) is 11.6 Å². The van der Waals surface area contributed by atoms with Gasteiger partial charge in [-0.2, -0.15) is 0 Å². The molecule has 2 aliphatic rings. The summed E-state index contributed by atoms with van der Waals surface area (Å²) in [6.45, 7) is 7.70. The minimum Gasteiger partial charge on any atom is -0.395 e. The van der Waals surface area contributed by atoms with E-state index in [9.17, 15) is 0 Å². The molecule has 2 aliphatic heterocycles. The summed E-state index contributed by atoms with van der Waals surface area (Å²) in [7, 11) is 0. The molecule has 0 aromatic carbocycles. The van der Waals surface area contributed by atoms with Gasteiger partial charge in [0.1, 0.15) is 6.61 Å². The normalized spacial score (nSPS) is 29.0. The summed E-state index contributed by atoms with van der Waals surface area (Å²) in [5.41, 5.74) is 1.26. The predicted molar refractivity (Wildman–Crippen MR) is 48.1 cm³/mol. The first-order valence-electron chi connectivity index (χ1n) is 4.42. The average molecular weight is 166 g/mol. The van der Waals surface area contributed by atoms with Crippen LogP contribution in [-0.4, -0.2) is 36.9 Å².